The first-order valence-corrected chi connectivity index (χ1v) is 11.3. The van der Waals surface area contributed by atoms with E-state index in [1.54, 1.807) is 0 Å². The Morgan fingerprint density at radius 1 is 0.722 bits per heavy atom. The fourth-order valence-electron chi connectivity index (χ4n) is 2.34. The van der Waals surface area contributed by atoms with Gasteiger partial charge in [0.25, 0.3) is 0 Å². The second-order valence-corrected chi connectivity index (χ2v) is 12.3. The molecule has 1 aromatic carbocycles. The van der Waals surface area contributed by atoms with Gasteiger partial charge in [0.1, 0.15) is 0 Å². The second kappa shape index (κ2) is 8.52. The summed E-state index contributed by atoms with van der Waals surface area (Å²) in [5.74, 6) is 0. The molecule has 0 aliphatic rings. The Hall–Kier alpha value is -0.563. The SMILES string of the molecule is C[Si](C)(C)CCCCCCCCc1ccccc1. The summed E-state index contributed by atoms with van der Waals surface area (Å²) in [6.07, 6.45) is 9.82. The zero-order valence-corrected chi connectivity index (χ0v) is 13.5. The van der Waals surface area contributed by atoms with E-state index in [1.807, 2.05) is 0 Å². The van der Waals surface area contributed by atoms with E-state index in [2.05, 4.69) is 50.0 Å². The molecule has 0 amide bonds. The zero-order chi connectivity index (χ0) is 13.3. The molecule has 0 heterocycles. The maximum absolute atomic E-state index is 2.48. The summed E-state index contributed by atoms with van der Waals surface area (Å²) in [5.41, 5.74) is 1.50. The lowest BCUT2D eigenvalue weighted by atomic mass is 10.1. The van der Waals surface area contributed by atoms with Crippen LogP contribution in [-0.2, 0) is 6.42 Å². The molecular formula is C17H30Si. The number of benzene rings is 1. The fraction of sp³-hybridized carbons (Fsp3) is 0.647. The predicted octanol–water partition coefficient (Wildman–Crippen LogP) is 5.91. The van der Waals surface area contributed by atoms with Gasteiger partial charge in [0.05, 0.1) is 0 Å². The van der Waals surface area contributed by atoms with Gasteiger partial charge in [-0.2, -0.15) is 0 Å². The van der Waals surface area contributed by atoms with Crippen LogP contribution in [0.4, 0.5) is 0 Å². The van der Waals surface area contributed by atoms with Crippen molar-refractivity contribution in [2.75, 3.05) is 0 Å². The largest absolute Gasteiger partial charge is 0.0695 e. The molecule has 0 N–H and O–H groups in total. The molecular weight excluding hydrogens is 232 g/mol. The van der Waals surface area contributed by atoms with Gasteiger partial charge >= 0.3 is 0 Å². The van der Waals surface area contributed by atoms with Crippen molar-refractivity contribution >= 4 is 8.07 Å². The van der Waals surface area contributed by atoms with Crippen LogP contribution in [0.5, 0.6) is 0 Å². The summed E-state index contributed by atoms with van der Waals surface area (Å²) in [7, 11) is -0.777. The molecule has 0 nitrogen and oxygen atoms in total. The number of unbranched alkanes of at least 4 members (excludes halogenated alkanes) is 5. The molecule has 0 spiro atoms. The molecule has 0 saturated carbocycles. The van der Waals surface area contributed by atoms with Gasteiger partial charge in [-0.3, -0.25) is 0 Å². The average Bonchev–Trinajstić information content (AvgIpc) is 2.32. The van der Waals surface area contributed by atoms with Crippen molar-refractivity contribution in [2.45, 2.75) is 70.6 Å². The summed E-state index contributed by atoms with van der Waals surface area (Å²) in [4.78, 5) is 0. The van der Waals surface area contributed by atoms with Crippen LogP contribution in [0, 0.1) is 0 Å². The van der Waals surface area contributed by atoms with E-state index in [0.29, 0.717) is 0 Å². The second-order valence-electron chi connectivity index (χ2n) is 6.67. The maximum atomic E-state index is 2.48. The van der Waals surface area contributed by atoms with E-state index >= 15 is 0 Å². The van der Waals surface area contributed by atoms with Gasteiger partial charge < -0.3 is 0 Å². The monoisotopic (exact) mass is 262 g/mol. The first-order chi connectivity index (χ1) is 8.58. The minimum atomic E-state index is -0.777. The number of rotatable bonds is 9. The van der Waals surface area contributed by atoms with E-state index in [0.717, 1.165) is 0 Å². The van der Waals surface area contributed by atoms with Crippen LogP contribution >= 0.6 is 0 Å². The Morgan fingerprint density at radius 2 is 1.28 bits per heavy atom. The quantitative estimate of drug-likeness (QED) is 0.383. The molecule has 1 heteroatoms. The molecule has 0 fully saturated rings. The van der Waals surface area contributed by atoms with Crippen molar-refractivity contribution in [2.24, 2.45) is 0 Å². The van der Waals surface area contributed by atoms with E-state index < -0.39 is 8.07 Å². The average molecular weight is 263 g/mol. The molecule has 0 unspecified atom stereocenters. The molecule has 0 bridgehead atoms. The molecule has 0 aliphatic heterocycles. The molecule has 1 rings (SSSR count). The highest BCUT2D eigenvalue weighted by atomic mass is 28.3. The van der Waals surface area contributed by atoms with Crippen LogP contribution in [0.15, 0.2) is 30.3 Å². The van der Waals surface area contributed by atoms with E-state index in [9.17, 15) is 0 Å². The van der Waals surface area contributed by atoms with Gasteiger partial charge in [-0.1, -0.05) is 88.1 Å². The highest BCUT2D eigenvalue weighted by Crippen LogP contribution is 2.16. The minimum Gasteiger partial charge on any atom is -0.0695 e. The third-order valence-electron chi connectivity index (χ3n) is 3.49. The zero-order valence-electron chi connectivity index (χ0n) is 12.5. The molecule has 0 radical (unpaired) electrons. The fourth-order valence-corrected chi connectivity index (χ4v) is 3.65. The van der Waals surface area contributed by atoms with Gasteiger partial charge in [-0.05, 0) is 18.4 Å². The number of hydrogen-bond donors (Lipinski definition) is 0. The van der Waals surface area contributed by atoms with Gasteiger partial charge in [-0.25, -0.2) is 0 Å². The molecule has 0 aliphatic carbocycles. The van der Waals surface area contributed by atoms with E-state index in [4.69, 9.17) is 0 Å². The predicted molar refractivity (Wildman–Crippen MR) is 86.0 cm³/mol. The summed E-state index contributed by atoms with van der Waals surface area (Å²) < 4.78 is 0. The third-order valence-corrected chi connectivity index (χ3v) is 5.34. The smallest absolute Gasteiger partial charge is 0.0442 e. The topological polar surface area (TPSA) is 0 Å². The summed E-state index contributed by atoms with van der Waals surface area (Å²) in [6, 6.07) is 12.4. The molecule has 0 saturated heterocycles. The molecule has 102 valence electrons. The van der Waals surface area contributed by atoms with Crippen molar-refractivity contribution < 1.29 is 0 Å². The maximum Gasteiger partial charge on any atom is 0.0442 e. The van der Waals surface area contributed by atoms with Gasteiger partial charge in [0.2, 0.25) is 0 Å². The molecule has 0 atom stereocenters. The van der Waals surface area contributed by atoms with Gasteiger partial charge in [-0.15, -0.1) is 0 Å². The first-order valence-electron chi connectivity index (χ1n) is 7.62. The van der Waals surface area contributed by atoms with Crippen molar-refractivity contribution in [1.82, 2.24) is 0 Å². The standard InChI is InChI=1S/C17H30Si/c1-18(2,3)16-12-7-5-4-6-9-13-17-14-10-8-11-15-17/h8,10-11,14-15H,4-7,9,12-13,16H2,1-3H3. The van der Waals surface area contributed by atoms with Crippen LogP contribution in [0.3, 0.4) is 0 Å². The highest BCUT2D eigenvalue weighted by Gasteiger charge is 2.11. The van der Waals surface area contributed by atoms with Crippen LogP contribution < -0.4 is 0 Å². The van der Waals surface area contributed by atoms with Crippen LogP contribution in [0.25, 0.3) is 0 Å². The van der Waals surface area contributed by atoms with Crippen molar-refractivity contribution in [3.8, 4) is 0 Å². The Kier molecular flexibility index (Phi) is 7.34. The van der Waals surface area contributed by atoms with Crippen LogP contribution in [-0.4, -0.2) is 8.07 Å². The van der Waals surface area contributed by atoms with E-state index in [-0.39, 0.29) is 0 Å². The van der Waals surface area contributed by atoms with E-state index in [1.165, 1.54) is 56.6 Å². The van der Waals surface area contributed by atoms with Crippen LogP contribution in [0.1, 0.15) is 44.1 Å². The Bertz CT molecular complexity index is 297. The summed E-state index contributed by atoms with van der Waals surface area (Å²) >= 11 is 0. The lowest BCUT2D eigenvalue weighted by Gasteiger charge is -2.14. The third kappa shape index (κ3) is 8.52. The highest BCUT2D eigenvalue weighted by molar-refractivity contribution is 6.76. The lowest BCUT2D eigenvalue weighted by molar-refractivity contribution is 0.606. The van der Waals surface area contributed by atoms with Crippen LogP contribution in [0.2, 0.25) is 25.7 Å². The van der Waals surface area contributed by atoms with Crippen molar-refractivity contribution in [3.05, 3.63) is 35.9 Å². The Labute approximate surface area is 115 Å². The molecule has 0 aromatic heterocycles. The number of aryl methyl sites for hydroxylation is 1. The Balaban J connectivity index is 1.90. The number of hydrogen-bond acceptors (Lipinski definition) is 0. The normalized spacial score (nSPS) is 11.7. The van der Waals surface area contributed by atoms with Crippen molar-refractivity contribution in [1.29, 1.82) is 0 Å². The lowest BCUT2D eigenvalue weighted by Crippen LogP contribution is -2.18. The summed E-state index contributed by atoms with van der Waals surface area (Å²) in [6.45, 7) is 7.44. The first kappa shape index (κ1) is 15.5. The van der Waals surface area contributed by atoms with Gasteiger partial charge in [0.15, 0.2) is 0 Å². The Morgan fingerprint density at radius 3 is 1.89 bits per heavy atom. The van der Waals surface area contributed by atoms with Gasteiger partial charge in [0, 0.05) is 8.07 Å². The van der Waals surface area contributed by atoms with Crippen molar-refractivity contribution in [3.63, 3.8) is 0 Å². The molecule has 1 aromatic rings. The summed E-state index contributed by atoms with van der Waals surface area (Å²) in [5, 5.41) is 0. The minimum absolute atomic E-state index is 0.777. The molecule has 18 heavy (non-hydrogen) atoms.